The third-order valence-electron chi connectivity index (χ3n) is 2.23. The number of aryl methyl sites for hydroxylation is 1. The fourth-order valence-corrected chi connectivity index (χ4v) is 1.85. The van der Waals surface area contributed by atoms with Crippen LogP contribution in [0, 0.1) is 5.82 Å². The Morgan fingerprint density at radius 3 is 3.00 bits per heavy atom. The Kier molecular flexibility index (Phi) is 3.24. The fraction of sp³-hybridized carbons (Fsp3) is 0.182. The first-order valence-corrected chi connectivity index (χ1v) is 5.73. The van der Waals surface area contributed by atoms with Gasteiger partial charge in [-0.15, -0.1) is 0 Å². The Morgan fingerprint density at radius 1 is 1.50 bits per heavy atom. The minimum absolute atomic E-state index is 0.267. The van der Waals surface area contributed by atoms with Crippen molar-refractivity contribution in [1.82, 2.24) is 9.55 Å². The Hall–Kier alpha value is -1.36. The molecule has 0 fully saturated rings. The Labute approximate surface area is 101 Å². The van der Waals surface area contributed by atoms with Gasteiger partial charge >= 0.3 is 0 Å². The number of benzene rings is 1. The highest BCUT2D eigenvalue weighted by Gasteiger charge is 2.05. The lowest BCUT2D eigenvalue weighted by molar-refractivity contribution is 0.627. The number of nitrogens with one attached hydrogen (secondary N) is 1. The van der Waals surface area contributed by atoms with Gasteiger partial charge in [0.2, 0.25) is 5.95 Å². The van der Waals surface area contributed by atoms with Gasteiger partial charge in [0.25, 0.3) is 0 Å². The first-order valence-electron chi connectivity index (χ1n) is 4.94. The fourth-order valence-electron chi connectivity index (χ4n) is 1.40. The lowest BCUT2D eigenvalue weighted by Gasteiger charge is -2.09. The maximum atomic E-state index is 12.9. The van der Waals surface area contributed by atoms with E-state index in [1.54, 1.807) is 12.3 Å². The molecule has 0 radical (unpaired) electrons. The molecule has 1 aromatic heterocycles. The molecule has 0 spiro atoms. The third-order valence-corrected chi connectivity index (χ3v) is 2.89. The van der Waals surface area contributed by atoms with Crippen LogP contribution in [0.4, 0.5) is 16.0 Å². The molecule has 0 aliphatic rings. The number of anilines is 2. The molecule has 0 unspecified atom stereocenters. The Balaban J connectivity index is 2.27. The van der Waals surface area contributed by atoms with Crippen molar-refractivity contribution in [2.24, 2.45) is 0 Å². The van der Waals surface area contributed by atoms with Gasteiger partial charge in [0.15, 0.2) is 0 Å². The van der Waals surface area contributed by atoms with Crippen molar-refractivity contribution in [2.45, 2.75) is 13.5 Å². The maximum absolute atomic E-state index is 12.9. The van der Waals surface area contributed by atoms with Crippen molar-refractivity contribution in [3.63, 3.8) is 0 Å². The molecule has 3 nitrogen and oxygen atoms in total. The number of nitrogens with zero attached hydrogens (tertiary/aromatic N) is 2. The molecular weight excluding hydrogens is 273 g/mol. The highest BCUT2D eigenvalue weighted by atomic mass is 79.9. The van der Waals surface area contributed by atoms with Crippen molar-refractivity contribution < 1.29 is 4.39 Å². The van der Waals surface area contributed by atoms with E-state index in [0.29, 0.717) is 4.47 Å². The van der Waals surface area contributed by atoms with Crippen LogP contribution in [0.2, 0.25) is 0 Å². The molecule has 16 heavy (non-hydrogen) atoms. The zero-order chi connectivity index (χ0) is 11.5. The summed E-state index contributed by atoms with van der Waals surface area (Å²) in [6.45, 7) is 2.87. The number of hydrogen-bond acceptors (Lipinski definition) is 2. The predicted octanol–water partition coefficient (Wildman–Crippen LogP) is 3.55. The first-order chi connectivity index (χ1) is 7.70. The summed E-state index contributed by atoms with van der Waals surface area (Å²) in [5, 5.41) is 3.14. The van der Waals surface area contributed by atoms with Crippen LogP contribution in [0.1, 0.15) is 6.92 Å². The van der Waals surface area contributed by atoms with Gasteiger partial charge in [-0.2, -0.15) is 0 Å². The summed E-state index contributed by atoms with van der Waals surface area (Å²) in [7, 11) is 0. The van der Waals surface area contributed by atoms with Crippen LogP contribution in [-0.4, -0.2) is 9.55 Å². The molecule has 1 heterocycles. The van der Waals surface area contributed by atoms with Crippen LogP contribution in [0.5, 0.6) is 0 Å². The van der Waals surface area contributed by atoms with E-state index in [0.717, 1.165) is 18.2 Å². The number of imidazole rings is 1. The lowest BCUT2D eigenvalue weighted by atomic mass is 10.3. The zero-order valence-corrected chi connectivity index (χ0v) is 10.3. The summed E-state index contributed by atoms with van der Waals surface area (Å²) in [6, 6.07) is 4.50. The highest BCUT2D eigenvalue weighted by molar-refractivity contribution is 9.10. The van der Waals surface area contributed by atoms with E-state index >= 15 is 0 Å². The molecule has 5 heteroatoms. The maximum Gasteiger partial charge on any atom is 0.207 e. The molecule has 0 aliphatic heterocycles. The molecular formula is C11H11BrFN3. The molecule has 0 atom stereocenters. The van der Waals surface area contributed by atoms with E-state index in [-0.39, 0.29) is 5.82 Å². The van der Waals surface area contributed by atoms with E-state index in [2.05, 4.69) is 26.2 Å². The molecule has 2 rings (SSSR count). The Morgan fingerprint density at radius 2 is 2.31 bits per heavy atom. The third kappa shape index (κ3) is 2.24. The number of aromatic nitrogens is 2. The predicted molar refractivity (Wildman–Crippen MR) is 65.3 cm³/mol. The topological polar surface area (TPSA) is 29.9 Å². The van der Waals surface area contributed by atoms with Gasteiger partial charge in [-0.1, -0.05) is 0 Å². The monoisotopic (exact) mass is 283 g/mol. The van der Waals surface area contributed by atoms with Crippen LogP contribution >= 0.6 is 15.9 Å². The lowest BCUT2D eigenvalue weighted by Crippen LogP contribution is -2.01. The average Bonchev–Trinajstić information content (AvgIpc) is 2.69. The second kappa shape index (κ2) is 4.65. The van der Waals surface area contributed by atoms with Crippen LogP contribution < -0.4 is 5.32 Å². The van der Waals surface area contributed by atoms with Gasteiger partial charge in [0.05, 0.1) is 5.69 Å². The van der Waals surface area contributed by atoms with Crippen molar-refractivity contribution >= 4 is 27.6 Å². The van der Waals surface area contributed by atoms with Gasteiger partial charge in [0.1, 0.15) is 5.82 Å². The number of hydrogen-bond donors (Lipinski definition) is 1. The van der Waals surface area contributed by atoms with Crippen molar-refractivity contribution in [1.29, 1.82) is 0 Å². The second-order valence-corrected chi connectivity index (χ2v) is 4.14. The Bertz CT molecular complexity index is 496. The van der Waals surface area contributed by atoms with Gasteiger partial charge in [-0.05, 0) is 41.1 Å². The SMILES string of the molecule is CCn1ccnc1Nc1ccc(F)cc1Br. The van der Waals surface area contributed by atoms with Gasteiger partial charge in [-0.25, -0.2) is 9.37 Å². The number of halogens is 2. The van der Waals surface area contributed by atoms with E-state index in [1.807, 2.05) is 17.7 Å². The van der Waals surface area contributed by atoms with E-state index in [4.69, 9.17) is 0 Å². The van der Waals surface area contributed by atoms with Crippen molar-refractivity contribution in [3.05, 3.63) is 40.9 Å². The highest BCUT2D eigenvalue weighted by Crippen LogP contribution is 2.25. The molecule has 2 aromatic rings. The first kappa shape index (κ1) is 11.1. The molecule has 0 aliphatic carbocycles. The largest absolute Gasteiger partial charge is 0.325 e. The quantitative estimate of drug-likeness (QED) is 0.934. The summed E-state index contributed by atoms with van der Waals surface area (Å²) in [6.07, 6.45) is 3.61. The standard InChI is InChI=1S/C11H11BrFN3/c1-2-16-6-5-14-11(16)15-10-4-3-8(13)7-9(10)12/h3-7H,2H2,1H3,(H,14,15). The molecule has 0 bridgehead atoms. The summed E-state index contributed by atoms with van der Waals surface area (Å²) in [5.74, 6) is 0.478. The molecule has 1 N–H and O–H groups in total. The molecule has 1 aromatic carbocycles. The second-order valence-electron chi connectivity index (χ2n) is 3.29. The zero-order valence-electron chi connectivity index (χ0n) is 8.74. The molecule has 0 saturated heterocycles. The smallest absolute Gasteiger partial charge is 0.207 e. The van der Waals surface area contributed by atoms with Crippen LogP contribution in [0.15, 0.2) is 35.1 Å². The van der Waals surface area contributed by atoms with Crippen LogP contribution in [0.3, 0.4) is 0 Å². The molecule has 84 valence electrons. The molecule has 0 amide bonds. The summed E-state index contributed by atoms with van der Waals surface area (Å²) < 4.78 is 15.5. The normalized spacial score (nSPS) is 10.4. The van der Waals surface area contributed by atoms with Crippen LogP contribution in [0.25, 0.3) is 0 Å². The van der Waals surface area contributed by atoms with Crippen molar-refractivity contribution in [2.75, 3.05) is 5.32 Å². The number of rotatable bonds is 3. The average molecular weight is 284 g/mol. The summed E-state index contributed by atoms with van der Waals surface area (Å²) in [5.41, 5.74) is 0.794. The summed E-state index contributed by atoms with van der Waals surface area (Å²) >= 11 is 3.30. The summed E-state index contributed by atoms with van der Waals surface area (Å²) in [4.78, 5) is 4.18. The minimum atomic E-state index is -0.267. The minimum Gasteiger partial charge on any atom is -0.325 e. The van der Waals surface area contributed by atoms with Gasteiger partial charge in [-0.3, -0.25) is 0 Å². The van der Waals surface area contributed by atoms with Crippen molar-refractivity contribution in [3.8, 4) is 0 Å². The molecule has 0 saturated carbocycles. The van der Waals surface area contributed by atoms with E-state index in [9.17, 15) is 4.39 Å². The van der Waals surface area contributed by atoms with E-state index in [1.165, 1.54) is 12.1 Å². The van der Waals surface area contributed by atoms with E-state index < -0.39 is 0 Å². The van der Waals surface area contributed by atoms with Crippen LogP contribution in [-0.2, 0) is 6.54 Å². The van der Waals surface area contributed by atoms with Gasteiger partial charge in [0, 0.05) is 23.4 Å². The van der Waals surface area contributed by atoms with Gasteiger partial charge < -0.3 is 9.88 Å².